The van der Waals surface area contributed by atoms with Crippen LogP contribution in [0.2, 0.25) is 0 Å². The fourth-order valence-corrected chi connectivity index (χ4v) is 7.30. The molecule has 0 N–H and O–H groups in total. The number of fused-ring (bicyclic) bond motifs is 6. The zero-order valence-corrected chi connectivity index (χ0v) is 22.7. The van der Waals surface area contributed by atoms with Crippen molar-refractivity contribution in [3.63, 3.8) is 0 Å². The van der Waals surface area contributed by atoms with Crippen molar-refractivity contribution in [2.45, 2.75) is 12.3 Å². The Balaban J connectivity index is 1.30. The van der Waals surface area contributed by atoms with Gasteiger partial charge in [-0.2, -0.15) is 0 Å². The van der Waals surface area contributed by atoms with Crippen LogP contribution in [0.5, 0.6) is 11.5 Å². The average Bonchev–Trinajstić information content (AvgIpc) is 3.28. The molecule has 0 saturated carbocycles. The maximum Gasteiger partial charge on any atom is 0.135 e. The fourth-order valence-electron chi connectivity index (χ4n) is 7.30. The van der Waals surface area contributed by atoms with E-state index in [1.807, 2.05) is 6.07 Å². The van der Waals surface area contributed by atoms with Crippen LogP contribution in [0.3, 0.4) is 0 Å². The van der Waals surface area contributed by atoms with Crippen molar-refractivity contribution in [2.75, 3.05) is 0 Å². The molecule has 0 spiro atoms. The zero-order chi connectivity index (χ0) is 27.1. The first-order chi connectivity index (χ1) is 20.2. The van der Waals surface area contributed by atoms with E-state index in [-0.39, 0.29) is 5.41 Å². The maximum absolute atomic E-state index is 6.39. The largest absolute Gasteiger partial charge is 0.456 e. The molecule has 0 fully saturated rings. The third-order valence-electron chi connectivity index (χ3n) is 9.33. The van der Waals surface area contributed by atoms with Crippen molar-refractivity contribution in [1.82, 2.24) is 0 Å². The lowest BCUT2D eigenvalue weighted by Crippen LogP contribution is -2.22. The molecule has 0 radical (unpaired) electrons. The Labute approximate surface area is 239 Å². The first-order valence-corrected chi connectivity index (χ1v) is 14.3. The Morgan fingerprint density at radius 3 is 2.05 bits per heavy atom. The van der Waals surface area contributed by atoms with Gasteiger partial charge in [-0.05, 0) is 97.9 Å². The zero-order valence-electron chi connectivity index (χ0n) is 22.7. The molecule has 1 unspecified atom stereocenters. The molecule has 9 rings (SSSR count). The van der Waals surface area contributed by atoms with E-state index in [1.165, 1.54) is 66.1 Å². The molecule has 0 bridgehead atoms. The standard InChI is InChI=1S/C40H26O/c1-40(28-12-3-2-4-13-28)35-24-27(18-19-30(35)34-22-25-10-5-6-11-26(25)23-36(34)40)29-20-21-38-39-32(29)15-9-16-33(39)31-14-7-8-17-37(31)41-38/h2-24H,1H3. The maximum atomic E-state index is 6.39. The number of hydrogen-bond donors (Lipinski definition) is 0. The van der Waals surface area contributed by atoms with Crippen molar-refractivity contribution < 1.29 is 4.74 Å². The highest BCUT2D eigenvalue weighted by atomic mass is 16.5. The topological polar surface area (TPSA) is 9.23 Å². The molecule has 1 heterocycles. The van der Waals surface area contributed by atoms with Crippen LogP contribution in [-0.2, 0) is 5.41 Å². The Kier molecular flexibility index (Phi) is 4.52. The molecule has 1 atom stereocenters. The van der Waals surface area contributed by atoms with E-state index >= 15 is 0 Å². The van der Waals surface area contributed by atoms with Crippen LogP contribution in [0.15, 0.2) is 140 Å². The molecule has 1 heteroatoms. The van der Waals surface area contributed by atoms with Crippen LogP contribution < -0.4 is 4.74 Å². The predicted octanol–water partition coefficient (Wildman–Crippen LogP) is 10.8. The molecule has 1 nitrogen and oxygen atoms in total. The van der Waals surface area contributed by atoms with Crippen molar-refractivity contribution in [3.8, 4) is 44.9 Å². The number of hydrogen-bond acceptors (Lipinski definition) is 1. The molecule has 7 aromatic rings. The molecule has 2 aliphatic rings. The van der Waals surface area contributed by atoms with Crippen molar-refractivity contribution in [2.24, 2.45) is 0 Å². The van der Waals surface area contributed by atoms with Crippen molar-refractivity contribution in [3.05, 3.63) is 156 Å². The summed E-state index contributed by atoms with van der Waals surface area (Å²) in [6.07, 6.45) is 0. The van der Waals surface area contributed by atoms with E-state index in [0.717, 1.165) is 17.1 Å². The van der Waals surface area contributed by atoms with Gasteiger partial charge in [0.05, 0.1) is 0 Å². The van der Waals surface area contributed by atoms with Gasteiger partial charge in [-0.1, -0.05) is 109 Å². The number of ether oxygens (including phenoxy) is 1. The third-order valence-corrected chi connectivity index (χ3v) is 9.33. The molecule has 192 valence electrons. The molecule has 0 aromatic heterocycles. The smallest absolute Gasteiger partial charge is 0.135 e. The molecule has 0 amide bonds. The molecule has 1 aliphatic heterocycles. The Morgan fingerprint density at radius 2 is 1.17 bits per heavy atom. The summed E-state index contributed by atoms with van der Waals surface area (Å²) >= 11 is 0. The van der Waals surface area contributed by atoms with Gasteiger partial charge in [-0.3, -0.25) is 0 Å². The summed E-state index contributed by atoms with van der Waals surface area (Å²) in [7, 11) is 0. The van der Waals surface area contributed by atoms with Crippen LogP contribution in [0, 0.1) is 0 Å². The molecule has 7 aromatic carbocycles. The first-order valence-electron chi connectivity index (χ1n) is 14.3. The monoisotopic (exact) mass is 522 g/mol. The van der Waals surface area contributed by atoms with Gasteiger partial charge in [0.15, 0.2) is 0 Å². The summed E-state index contributed by atoms with van der Waals surface area (Å²) in [6, 6.07) is 50.9. The number of para-hydroxylation sites is 1. The summed E-state index contributed by atoms with van der Waals surface area (Å²) in [6.45, 7) is 2.40. The Morgan fingerprint density at radius 1 is 0.463 bits per heavy atom. The van der Waals surface area contributed by atoms with Gasteiger partial charge >= 0.3 is 0 Å². The second-order valence-electron chi connectivity index (χ2n) is 11.4. The average molecular weight is 523 g/mol. The summed E-state index contributed by atoms with van der Waals surface area (Å²) in [5, 5.41) is 4.97. The van der Waals surface area contributed by atoms with E-state index in [4.69, 9.17) is 4.74 Å². The van der Waals surface area contributed by atoms with E-state index in [0.29, 0.717) is 0 Å². The highest BCUT2D eigenvalue weighted by Crippen LogP contribution is 2.55. The van der Waals surface area contributed by atoms with Crippen LogP contribution in [0.25, 0.3) is 54.9 Å². The minimum Gasteiger partial charge on any atom is -0.456 e. The normalized spacial score (nSPS) is 16.2. The van der Waals surface area contributed by atoms with E-state index < -0.39 is 0 Å². The third kappa shape index (κ3) is 3.06. The van der Waals surface area contributed by atoms with E-state index in [1.54, 1.807) is 0 Å². The lowest BCUT2D eigenvalue weighted by Gasteiger charge is -2.29. The van der Waals surface area contributed by atoms with E-state index in [9.17, 15) is 0 Å². The summed E-state index contributed by atoms with van der Waals surface area (Å²) in [5.41, 5.74) is 11.3. The van der Waals surface area contributed by atoms with Crippen LogP contribution in [0.1, 0.15) is 23.6 Å². The second kappa shape index (κ2) is 8.19. The van der Waals surface area contributed by atoms with Gasteiger partial charge in [0.2, 0.25) is 0 Å². The van der Waals surface area contributed by atoms with Crippen LogP contribution in [0.4, 0.5) is 0 Å². The van der Waals surface area contributed by atoms with Gasteiger partial charge in [0, 0.05) is 16.4 Å². The van der Waals surface area contributed by atoms with E-state index in [2.05, 4.69) is 140 Å². The van der Waals surface area contributed by atoms with Gasteiger partial charge < -0.3 is 4.74 Å². The van der Waals surface area contributed by atoms with Crippen molar-refractivity contribution in [1.29, 1.82) is 0 Å². The predicted molar refractivity (Wildman–Crippen MR) is 170 cm³/mol. The summed E-state index contributed by atoms with van der Waals surface area (Å²) in [5.74, 6) is 1.84. The minimum absolute atomic E-state index is 0.264. The van der Waals surface area contributed by atoms with Gasteiger partial charge in [-0.15, -0.1) is 0 Å². The molecule has 1 aliphatic carbocycles. The van der Waals surface area contributed by atoms with Crippen LogP contribution in [-0.4, -0.2) is 0 Å². The minimum atomic E-state index is -0.264. The fraction of sp³-hybridized carbons (Fsp3) is 0.0500. The highest BCUT2D eigenvalue weighted by Gasteiger charge is 2.41. The molecular weight excluding hydrogens is 496 g/mol. The van der Waals surface area contributed by atoms with Gasteiger partial charge in [-0.25, -0.2) is 0 Å². The SMILES string of the molecule is CC1(c2ccccc2)c2cc(-c3ccc4c5c(cccc35)-c3ccccc3O4)ccc2-c2cc3ccccc3cc21. The Hall–Kier alpha value is -5.14. The number of benzene rings is 7. The number of rotatable bonds is 2. The van der Waals surface area contributed by atoms with Gasteiger partial charge in [0.1, 0.15) is 11.5 Å². The Bertz CT molecular complexity index is 2190. The lowest BCUT2D eigenvalue weighted by atomic mass is 9.73. The second-order valence-corrected chi connectivity index (χ2v) is 11.4. The quantitative estimate of drug-likeness (QED) is 0.219. The molecule has 41 heavy (non-hydrogen) atoms. The first kappa shape index (κ1) is 22.7. The summed E-state index contributed by atoms with van der Waals surface area (Å²) in [4.78, 5) is 0. The van der Waals surface area contributed by atoms with Crippen LogP contribution >= 0.6 is 0 Å². The van der Waals surface area contributed by atoms with Gasteiger partial charge in [0.25, 0.3) is 0 Å². The molecular formula is C40H26O. The van der Waals surface area contributed by atoms with Crippen molar-refractivity contribution >= 4 is 21.5 Å². The highest BCUT2D eigenvalue weighted by molar-refractivity contribution is 6.10. The molecule has 0 saturated heterocycles. The summed E-state index contributed by atoms with van der Waals surface area (Å²) < 4.78 is 6.39. The lowest BCUT2D eigenvalue weighted by molar-refractivity contribution is 0.487.